The minimum absolute atomic E-state index is 0.248. The van der Waals surface area contributed by atoms with E-state index in [1.165, 1.54) is 6.07 Å². The Kier molecular flexibility index (Phi) is 2.99. The van der Waals surface area contributed by atoms with E-state index in [1.807, 2.05) is 30.3 Å². The lowest BCUT2D eigenvalue weighted by Crippen LogP contribution is -1.98. The van der Waals surface area contributed by atoms with Crippen LogP contribution in [0.1, 0.15) is 0 Å². The quantitative estimate of drug-likeness (QED) is 0.772. The molecule has 2 aromatic carbocycles. The van der Waals surface area contributed by atoms with E-state index in [0.717, 1.165) is 16.7 Å². The second-order valence-corrected chi connectivity index (χ2v) is 4.63. The van der Waals surface area contributed by atoms with Crippen molar-refractivity contribution >= 4 is 5.82 Å². The first-order valence-electron chi connectivity index (χ1n) is 6.29. The standard InChI is InChI=1S/C16H14FN3/c1-20-16(18)14(10-19-20)12-7-8-15(17)13(9-12)11-5-3-2-4-6-11/h2-10H,18H2,1H3. The Morgan fingerprint density at radius 3 is 2.40 bits per heavy atom. The summed E-state index contributed by atoms with van der Waals surface area (Å²) in [5.41, 5.74) is 9.04. The summed E-state index contributed by atoms with van der Waals surface area (Å²) in [4.78, 5) is 0. The fraction of sp³-hybridized carbons (Fsp3) is 0.0625. The van der Waals surface area contributed by atoms with Crippen LogP contribution in [0.4, 0.5) is 10.2 Å². The van der Waals surface area contributed by atoms with Gasteiger partial charge in [0.2, 0.25) is 0 Å². The van der Waals surface area contributed by atoms with Crippen molar-refractivity contribution in [1.82, 2.24) is 9.78 Å². The number of nitrogen functional groups attached to an aromatic ring is 1. The molecule has 3 aromatic rings. The van der Waals surface area contributed by atoms with E-state index in [2.05, 4.69) is 5.10 Å². The zero-order chi connectivity index (χ0) is 14.1. The molecule has 4 heteroatoms. The predicted octanol–water partition coefficient (Wildman–Crippen LogP) is 3.48. The van der Waals surface area contributed by atoms with Crippen molar-refractivity contribution in [2.24, 2.45) is 7.05 Å². The third-order valence-corrected chi connectivity index (χ3v) is 3.35. The van der Waals surface area contributed by atoms with Gasteiger partial charge >= 0.3 is 0 Å². The number of halogens is 1. The van der Waals surface area contributed by atoms with Crippen molar-refractivity contribution in [1.29, 1.82) is 0 Å². The molecule has 0 aliphatic rings. The number of rotatable bonds is 2. The maximum atomic E-state index is 14.0. The summed E-state index contributed by atoms with van der Waals surface area (Å²) in [6.07, 6.45) is 1.69. The van der Waals surface area contributed by atoms with Crippen LogP contribution >= 0.6 is 0 Å². The Balaban J connectivity index is 2.14. The van der Waals surface area contributed by atoms with Gasteiger partial charge < -0.3 is 5.73 Å². The van der Waals surface area contributed by atoms with Crippen LogP contribution in [0.5, 0.6) is 0 Å². The summed E-state index contributed by atoms with van der Waals surface area (Å²) in [6.45, 7) is 0. The average molecular weight is 267 g/mol. The number of aromatic nitrogens is 2. The molecule has 3 rings (SSSR count). The van der Waals surface area contributed by atoms with Gasteiger partial charge in [-0.15, -0.1) is 0 Å². The van der Waals surface area contributed by atoms with Crippen LogP contribution in [0.15, 0.2) is 54.7 Å². The molecule has 1 heterocycles. The van der Waals surface area contributed by atoms with Gasteiger partial charge in [-0.3, -0.25) is 4.68 Å². The molecule has 100 valence electrons. The van der Waals surface area contributed by atoms with E-state index in [1.54, 1.807) is 30.1 Å². The molecule has 0 spiro atoms. The third-order valence-electron chi connectivity index (χ3n) is 3.35. The lowest BCUT2D eigenvalue weighted by Gasteiger charge is -2.07. The largest absolute Gasteiger partial charge is 0.383 e. The molecule has 1 aromatic heterocycles. The molecule has 2 N–H and O–H groups in total. The van der Waals surface area contributed by atoms with E-state index < -0.39 is 0 Å². The van der Waals surface area contributed by atoms with Crippen LogP contribution in [0.25, 0.3) is 22.3 Å². The van der Waals surface area contributed by atoms with E-state index in [9.17, 15) is 4.39 Å². The molecule has 0 atom stereocenters. The molecular formula is C16H14FN3. The molecule has 0 radical (unpaired) electrons. The smallest absolute Gasteiger partial charge is 0.131 e. The van der Waals surface area contributed by atoms with Gasteiger partial charge in [-0.25, -0.2) is 4.39 Å². The normalized spacial score (nSPS) is 10.7. The van der Waals surface area contributed by atoms with E-state index in [-0.39, 0.29) is 5.82 Å². The highest BCUT2D eigenvalue weighted by molar-refractivity contribution is 5.78. The van der Waals surface area contributed by atoms with Gasteiger partial charge in [0.05, 0.1) is 6.20 Å². The molecule has 0 amide bonds. The van der Waals surface area contributed by atoms with Crippen LogP contribution in [0, 0.1) is 5.82 Å². The summed E-state index contributed by atoms with van der Waals surface area (Å²) >= 11 is 0. The topological polar surface area (TPSA) is 43.8 Å². The summed E-state index contributed by atoms with van der Waals surface area (Å²) in [5.74, 6) is 0.318. The lowest BCUT2D eigenvalue weighted by molar-refractivity contribution is 0.631. The van der Waals surface area contributed by atoms with Gasteiger partial charge in [0, 0.05) is 18.2 Å². The SMILES string of the molecule is Cn1ncc(-c2ccc(F)c(-c3ccccc3)c2)c1N. The summed E-state index contributed by atoms with van der Waals surface area (Å²) in [5, 5.41) is 4.12. The van der Waals surface area contributed by atoms with E-state index >= 15 is 0 Å². The fourth-order valence-electron chi connectivity index (χ4n) is 2.20. The first-order valence-corrected chi connectivity index (χ1v) is 6.29. The van der Waals surface area contributed by atoms with Crippen molar-refractivity contribution in [2.75, 3.05) is 5.73 Å². The molecule has 0 unspecified atom stereocenters. The highest BCUT2D eigenvalue weighted by Crippen LogP contribution is 2.31. The van der Waals surface area contributed by atoms with E-state index in [0.29, 0.717) is 11.4 Å². The number of anilines is 1. The van der Waals surface area contributed by atoms with Crippen LogP contribution < -0.4 is 5.73 Å². The highest BCUT2D eigenvalue weighted by atomic mass is 19.1. The predicted molar refractivity (Wildman–Crippen MR) is 78.5 cm³/mol. The van der Waals surface area contributed by atoms with Gasteiger partial charge in [0.1, 0.15) is 11.6 Å². The molecule has 0 aliphatic carbocycles. The van der Waals surface area contributed by atoms with Crippen LogP contribution in [0.3, 0.4) is 0 Å². The maximum absolute atomic E-state index is 14.0. The minimum atomic E-state index is -0.248. The first kappa shape index (κ1) is 12.4. The lowest BCUT2D eigenvalue weighted by atomic mass is 10.00. The number of nitrogens with zero attached hydrogens (tertiary/aromatic N) is 2. The summed E-state index contributed by atoms with van der Waals surface area (Å²) in [7, 11) is 1.78. The Labute approximate surface area is 116 Å². The van der Waals surface area contributed by atoms with E-state index in [4.69, 9.17) is 5.73 Å². The zero-order valence-electron chi connectivity index (χ0n) is 11.0. The molecule has 0 saturated heterocycles. The van der Waals surface area contributed by atoms with Gasteiger partial charge in [-0.2, -0.15) is 5.10 Å². The second kappa shape index (κ2) is 4.81. The molecule has 20 heavy (non-hydrogen) atoms. The number of benzene rings is 2. The Morgan fingerprint density at radius 1 is 1.00 bits per heavy atom. The number of nitrogens with two attached hydrogens (primary N) is 1. The third kappa shape index (κ3) is 2.05. The molecule has 0 bridgehead atoms. The Hall–Kier alpha value is -2.62. The van der Waals surface area contributed by atoms with Crippen molar-refractivity contribution in [3.63, 3.8) is 0 Å². The van der Waals surface area contributed by atoms with Crippen molar-refractivity contribution in [2.45, 2.75) is 0 Å². The van der Waals surface area contributed by atoms with Crippen molar-refractivity contribution < 1.29 is 4.39 Å². The maximum Gasteiger partial charge on any atom is 0.131 e. The van der Waals surface area contributed by atoms with Crippen LogP contribution in [-0.4, -0.2) is 9.78 Å². The van der Waals surface area contributed by atoms with Crippen LogP contribution in [-0.2, 0) is 7.05 Å². The van der Waals surface area contributed by atoms with Gasteiger partial charge in [-0.05, 0) is 23.3 Å². The number of aryl methyl sites for hydroxylation is 1. The minimum Gasteiger partial charge on any atom is -0.383 e. The molecule has 0 saturated carbocycles. The average Bonchev–Trinajstić information content (AvgIpc) is 2.81. The van der Waals surface area contributed by atoms with Crippen molar-refractivity contribution in [3.8, 4) is 22.3 Å². The Morgan fingerprint density at radius 2 is 1.75 bits per heavy atom. The molecular weight excluding hydrogens is 253 g/mol. The number of hydrogen-bond donors (Lipinski definition) is 1. The molecule has 3 nitrogen and oxygen atoms in total. The summed E-state index contributed by atoms with van der Waals surface area (Å²) in [6, 6.07) is 14.4. The van der Waals surface area contributed by atoms with Crippen LogP contribution in [0.2, 0.25) is 0 Å². The zero-order valence-corrected chi connectivity index (χ0v) is 11.0. The summed E-state index contributed by atoms with van der Waals surface area (Å²) < 4.78 is 15.6. The Bertz CT molecular complexity index is 748. The van der Waals surface area contributed by atoms with Gasteiger partial charge in [-0.1, -0.05) is 36.4 Å². The first-order chi connectivity index (χ1) is 9.66. The number of hydrogen-bond acceptors (Lipinski definition) is 2. The van der Waals surface area contributed by atoms with Crippen molar-refractivity contribution in [3.05, 3.63) is 60.5 Å². The van der Waals surface area contributed by atoms with Gasteiger partial charge in [0.15, 0.2) is 0 Å². The highest BCUT2D eigenvalue weighted by Gasteiger charge is 2.11. The van der Waals surface area contributed by atoms with Gasteiger partial charge in [0.25, 0.3) is 0 Å². The fourth-order valence-corrected chi connectivity index (χ4v) is 2.20. The second-order valence-electron chi connectivity index (χ2n) is 4.63. The molecule has 0 fully saturated rings. The monoisotopic (exact) mass is 267 g/mol. The molecule has 0 aliphatic heterocycles.